The standard InChI is InChI=1S/C26H33N3O2/c1-18-8-7-9-19(2)23(18)25(31)28-24(21-10-5-4-6-11-21)26-14-12-22(13-15-26)29(26)17-16-27-20(3)30/h4-11,22,24H,12-17H2,1-3H3,(H,27,30)(H,28,31). The summed E-state index contributed by atoms with van der Waals surface area (Å²) in [5.74, 6) is -0.000442. The van der Waals surface area contributed by atoms with Gasteiger partial charge in [0.25, 0.3) is 5.91 Å². The summed E-state index contributed by atoms with van der Waals surface area (Å²) in [6.07, 6.45) is 4.40. The maximum Gasteiger partial charge on any atom is 0.252 e. The van der Waals surface area contributed by atoms with E-state index in [1.54, 1.807) is 6.92 Å². The van der Waals surface area contributed by atoms with Crippen LogP contribution in [0, 0.1) is 13.8 Å². The lowest BCUT2D eigenvalue weighted by Gasteiger charge is -2.42. The van der Waals surface area contributed by atoms with Crippen molar-refractivity contribution >= 4 is 11.8 Å². The van der Waals surface area contributed by atoms with Crippen molar-refractivity contribution in [3.05, 3.63) is 70.8 Å². The number of nitrogens with one attached hydrogen (secondary N) is 2. The third kappa shape index (κ3) is 4.11. The Morgan fingerprint density at radius 3 is 2.29 bits per heavy atom. The van der Waals surface area contributed by atoms with Crippen LogP contribution in [0.4, 0.5) is 0 Å². The first-order chi connectivity index (χ1) is 14.9. The minimum absolute atomic E-state index is 0.00327. The van der Waals surface area contributed by atoms with E-state index in [9.17, 15) is 9.59 Å². The highest BCUT2D eigenvalue weighted by Crippen LogP contribution is 2.52. The zero-order valence-corrected chi connectivity index (χ0v) is 18.8. The topological polar surface area (TPSA) is 61.4 Å². The number of fused-ring (bicyclic) bond motifs is 2. The van der Waals surface area contributed by atoms with Crippen LogP contribution >= 0.6 is 0 Å². The molecule has 0 saturated carbocycles. The first-order valence-corrected chi connectivity index (χ1v) is 11.4. The van der Waals surface area contributed by atoms with Gasteiger partial charge in [-0.3, -0.25) is 14.5 Å². The van der Waals surface area contributed by atoms with Crippen LogP contribution in [0.1, 0.15) is 65.7 Å². The molecule has 5 nitrogen and oxygen atoms in total. The van der Waals surface area contributed by atoms with E-state index in [4.69, 9.17) is 0 Å². The highest BCUT2D eigenvalue weighted by Gasteiger charge is 2.56. The smallest absolute Gasteiger partial charge is 0.252 e. The van der Waals surface area contributed by atoms with Crippen molar-refractivity contribution < 1.29 is 9.59 Å². The Labute approximate surface area is 185 Å². The molecule has 0 radical (unpaired) electrons. The number of rotatable bonds is 7. The van der Waals surface area contributed by atoms with Gasteiger partial charge in [-0.2, -0.15) is 0 Å². The van der Waals surface area contributed by atoms with Crippen LogP contribution in [0.5, 0.6) is 0 Å². The van der Waals surface area contributed by atoms with Crippen LogP contribution in [-0.4, -0.2) is 41.4 Å². The fourth-order valence-electron chi connectivity index (χ4n) is 5.83. The minimum atomic E-state index is -0.114. The van der Waals surface area contributed by atoms with Crippen molar-refractivity contribution in [3.63, 3.8) is 0 Å². The van der Waals surface area contributed by atoms with Crippen LogP contribution in [0.3, 0.4) is 0 Å². The molecule has 2 fully saturated rings. The number of amides is 2. The molecule has 2 bridgehead atoms. The molecule has 0 spiro atoms. The predicted octanol–water partition coefficient (Wildman–Crippen LogP) is 3.91. The largest absolute Gasteiger partial charge is 0.355 e. The molecule has 2 heterocycles. The Kier molecular flexibility index (Phi) is 6.15. The lowest BCUT2D eigenvalue weighted by atomic mass is 9.78. The van der Waals surface area contributed by atoms with E-state index >= 15 is 0 Å². The van der Waals surface area contributed by atoms with Gasteiger partial charge in [-0.25, -0.2) is 0 Å². The molecular weight excluding hydrogens is 386 g/mol. The average Bonchev–Trinajstić information content (AvgIpc) is 3.27. The quantitative estimate of drug-likeness (QED) is 0.715. The van der Waals surface area contributed by atoms with Gasteiger partial charge in [-0.1, -0.05) is 48.5 Å². The zero-order chi connectivity index (χ0) is 22.0. The molecule has 2 amide bonds. The Bertz CT molecular complexity index is 928. The lowest BCUT2D eigenvalue weighted by Crippen LogP contribution is -2.53. The zero-order valence-electron chi connectivity index (χ0n) is 18.8. The van der Waals surface area contributed by atoms with Crippen molar-refractivity contribution in [3.8, 4) is 0 Å². The summed E-state index contributed by atoms with van der Waals surface area (Å²) >= 11 is 0. The minimum Gasteiger partial charge on any atom is -0.355 e. The third-order valence-corrected chi connectivity index (χ3v) is 7.21. The van der Waals surface area contributed by atoms with E-state index < -0.39 is 0 Å². The molecular formula is C26H33N3O2. The van der Waals surface area contributed by atoms with Gasteiger partial charge < -0.3 is 10.6 Å². The normalized spacial score (nSPS) is 23.5. The molecule has 1 atom stereocenters. The Morgan fingerprint density at radius 1 is 1.03 bits per heavy atom. The third-order valence-electron chi connectivity index (χ3n) is 7.21. The highest BCUT2D eigenvalue weighted by molar-refractivity contribution is 5.97. The van der Waals surface area contributed by atoms with Gasteiger partial charge in [0.2, 0.25) is 5.91 Å². The van der Waals surface area contributed by atoms with Gasteiger partial charge in [0.15, 0.2) is 0 Å². The molecule has 2 aliphatic rings. The molecule has 31 heavy (non-hydrogen) atoms. The van der Waals surface area contributed by atoms with Crippen molar-refractivity contribution in [2.24, 2.45) is 0 Å². The fourth-order valence-corrected chi connectivity index (χ4v) is 5.83. The van der Waals surface area contributed by atoms with Gasteiger partial charge in [0.05, 0.1) is 6.04 Å². The molecule has 0 aromatic heterocycles. The molecule has 164 valence electrons. The van der Waals surface area contributed by atoms with Crippen LogP contribution in [-0.2, 0) is 4.79 Å². The predicted molar refractivity (Wildman–Crippen MR) is 123 cm³/mol. The summed E-state index contributed by atoms with van der Waals surface area (Å²) in [6.45, 7) is 7.01. The van der Waals surface area contributed by atoms with Crippen molar-refractivity contribution in [2.45, 2.75) is 64.1 Å². The second-order valence-corrected chi connectivity index (χ2v) is 9.10. The first kappa shape index (κ1) is 21.6. The molecule has 2 saturated heterocycles. The molecule has 2 aromatic carbocycles. The second-order valence-electron chi connectivity index (χ2n) is 9.10. The molecule has 2 aromatic rings. The molecule has 0 aliphatic carbocycles. The van der Waals surface area contributed by atoms with E-state index in [2.05, 4.69) is 27.7 Å². The summed E-state index contributed by atoms with van der Waals surface area (Å²) in [6, 6.07) is 16.8. The highest BCUT2D eigenvalue weighted by atomic mass is 16.2. The van der Waals surface area contributed by atoms with E-state index in [0.29, 0.717) is 12.6 Å². The van der Waals surface area contributed by atoms with Crippen molar-refractivity contribution in [2.75, 3.05) is 13.1 Å². The van der Waals surface area contributed by atoms with Crippen LogP contribution in [0.2, 0.25) is 0 Å². The molecule has 1 unspecified atom stereocenters. The number of hydrogen-bond acceptors (Lipinski definition) is 3. The SMILES string of the molecule is CC(=O)NCCN1C2CCC1(C(NC(=O)c1c(C)cccc1C)c1ccccc1)CC2. The summed E-state index contributed by atoms with van der Waals surface area (Å²) in [7, 11) is 0. The van der Waals surface area contributed by atoms with E-state index in [0.717, 1.165) is 54.5 Å². The Morgan fingerprint density at radius 2 is 1.68 bits per heavy atom. The molecule has 4 rings (SSSR count). The summed E-state index contributed by atoms with van der Waals surface area (Å²) in [4.78, 5) is 27.5. The molecule has 2 aliphatic heterocycles. The van der Waals surface area contributed by atoms with Crippen LogP contribution < -0.4 is 10.6 Å². The number of hydrogen-bond donors (Lipinski definition) is 2. The second kappa shape index (κ2) is 8.83. The van der Waals surface area contributed by atoms with Gasteiger partial charge >= 0.3 is 0 Å². The first-order valence-electron chi connectivity index (χ1n) is 11.4. The monoisotopic (exact) mass is 419 g/mol. The maximum atomic E-state index is 13.5. The maximum absolute atomic E-state index is 13.5. The molecule has 5 heteroatoms. The Balaban J connectivity index is 1.67. The summed E-state index contributed by atoms with van der Waals surface area (Å²) in [5, 5.41) is 6.40. The average molecular weight is 420 g/mol. The lowest BCUT2D eigenvalue weighted by molar-refractivity contribution is -0.119. The van der Waals surface area contributed by atoms with Gasteiger partial charge in [-0.05, 0) is 56.2 Å². The number of nitrogens with zero attached hydrogens (tertiary/aromatic N) is 1. The number of carbonyl (C=O) groups excluding carboxylic acids is 2. The summed E-state index contributed by atoms with van der Waals surface area (Å²) < 4.78 is 0. The van der Waals surface area contributed by atoms with Crippen LogP contribution in [0.15, 0.2) is 48.5 Å². The van der Waals surface area contributed by atoms with Gasteiger partial charge in [0, 0.05) is 37.2 Å². The van der Waals surface area contributed by atoms with Gasteiger partial charge in [0.1, 0.15) is 0 Å². The van der Waals surface area contributed by atoms with Crippen LogP contribution in [0.25, 0.3) is 0 Å². The molecule has 2 N–H and O–H groups in total. The van der Waals surface area contributed by atoms with E-state index in [1.165, 1.54) is 0 Å². The fraction of sp³-hybridized carbons (Fsp3) is 0.462. The number of aryl methyl sites for hydroxylation is 2. The number of carbonyl (C=O) groups is 2. The Hall–Kier alpha value is -2.66. The van der Waals surface area contributed by atoms with E-state index in [-0.39, 0.29) is 23.4 Å². The van der Waals surface area contributed by atoms with Crippen molar-refractivity contribution in [1.82, 2.24) is 15.5 Å². The van der Waals surface area contributed by atoms with Gasteiger partial charge in [-0.15, -0.1) is 0 Å². The summed E-state index contributed by atoms with van der Waals surface area (Å²) in [5.41, 5.74) is 3.81. The van der Waals surface area contributed by atoms with E-state index in [1.807, 2.05) is 50.2 Å². The number of benzene rings is 2. The van der Waals surface area contributed by atoms with Crippen molar-refractivity contribution in [1.29, 1.82) is 0 Å².